The van der Waals surface area contributed by atoms with Crippen molar-refractivity contribution in [3.05, 3.63) is 0 Å². The first kappa shape index (κ1) is 16.4. The van der Waals surface area contributed by atoms with E-state index in [2.05, 4.69) is 30.8 Å². The lowest BCUT2D eigenvalue weighted by Gasteiger charge is -2.25. The Morgan fingerprint density at radius 3 is 2.65 bits per heavy atom. The van der Waals surface area contributed by atoms with Gasteiger partial charge < -0.3 is 15.2 Å². The van der Waals surface area contributed by atoms with Crippen LogP contribution in [-0.4, -0.2) is 37.4 Å². The maximum atomic E-state index is 10.9. The maximum Gasteiger partial charge on any atom is 0.305 e. The van der Waals surface area contributed by atoms with Gasteiger partial charge in [0, 0.05) is 19.5 Å². The molecule has 0 bridgehead atoms. The molecule has 0 spiro atoms. The zero-order valence-corrected chi connectivity index (χ0v) is 11.6. The Morgan fingerprint density at radius 1 is 1.47 bits per heavy atom. The number of esters is 1. The van der Waals surface area contributed by atoms with E-state index in [1.54, 1.807) is 0 Å². The molecule has 0 aromatic carbocycles. The molecule has 0 aromatic rings. The van der Waals surface area contributed by atoms with Crippen LogP contribution in [0.3, 0.4) is 0 Å². The molecule has 0 rings (SSSR count). The molecule has 2 N–H and O–H groups in total. The van der Waals surface area contributed by atoms with Crippen LogP contribution in [0.1, 0.15) is 46.5 Å². The average molecular weight is 245 g/mol. The first-order chi connectivity index (χ1) is 7.91. The lowest BCUT2D eigenvalue weighted by molar-refractivity contribution is -0.141. The van der Waals surface area contributed by atoms with Crippen LogP contribution in [0, 0.1) is 5.41 Å². The first-order valence-corrected chi connectivity index (χ1v) is 6.37. The van der Waals surface area contributed by atoms with Gasteiger partial charge in [0.2, 0.25) is 0 Å². The van der Waals surface area contributed by atoms with Crippen LogP contribution in [0.4, 0.5) is 0 Å². The third-order valence-electron chi connectivity index (χ3n) is 2.82. The molecule has 0 aromatic heterocycles. The van der Waals surface area contributed by atoms with Gasteiger partial charge in [-0.15, -0.1) is 0 Å². The van der Waals surface area contributed by atoms with Crippen LogP contribution in [0.25, 0.3) is 0 Å². The van der Waals surface area contributed by atoms with Crippen molar-refractivity contribution in [1.82, 2.24) is 5.32 Å². The van der Waals surface area contributed by atoms with Crippen LogP contribution in [0.15, 0.2) is 0 Å². The Hall–Kier alpha value is -0.610. The summed E-state index contributed by atoms with van der Waals surface area (Å²) in [5, 5.41) is 12.9. The van der Waals surface area contributed by atoms with Crippen LogP contribution in [0.5, 0.6) is 0 Å². The van der Waals surface area contributed by atoms with Crippen LogP contribution >= 0.6 is 0 Å². The molecule has 0 aliphatic carbocycles. The second kappa shape index (κ2) is 8.48. The fourth-order valence-electron chi connectivity index (χ4n) is 1.83. The third kappa shape index (κ3) is 9.12. The fraction of sp³-hybridized carbons (Fsp3) is 0.923. The van der Waals surface area contributed by atoms with Crippen molar-refractivity contribution in [2.24, 2.45) is 5.41 Å². The van der Waals surface area contributed by atoms with E-state index in [4.69, 9.17) is 0 Å². The summed E-state index contributed by atoms with van der Waals surface area (Å²) in [5.74, 6) is -0.268. The van der Waals surface area contributed by atoms with Gasteiger partial charge in [-0.25, -0.2) is 0 Å². The van der Waals surface area contributed by atoms with E-state index in [1.807, 2.05) is 0 Å². The van der Waals surface area contributed by atoms with Crippen molar-refractivity contribution in [3.8, 4) is 0 Å². The number of carbonyl (C=O) groups excluding carboxylic acids is 1. The predicted molar refractivity (Wildman–Crippen MR) is 68.8 cm³/mol. The highest BCUT2D eigenvalue weighted by Crippen LogP contribution is 2.20. The zero-order valence-electron chi connectivity index (χ0n) is 11.6. The number of carbonyl (C=O) groups is 1. The summed E-state index contributed by atoms with van der Waals surface area (Å²) in [4.78, 5) is 10.9. The molecule has 1 unspecified atom stereocenters. The van der Waals surface area contributed by atoms with Crippen molar-refractivity contribution >= 4 is 5.97 Å². The van der Waals surface area contributed by atoms with E-state index in [1.165, 1.54) is 13.5 Å². The fourth-order valence-corrected chi connectivity index (χ4v) is 1.83. The van der Waals surface area contributed by atoms with Gasteiger partial charge in [-0.3, -0.25) is 4.79 Å². The number of nitrogens with one attached hydrogen (secondary N) is 1. The van der Waals surface area contributed by atoms with E-state index in [-0.39, 0.29) is 17.8 Å². The number of methoxy groups -OCH3 is 1. The lowest BCUT2D eigenvalue weighted by Crippen LogP contribution is -2.35. The number of ether oxygens (including phenoxy) is 1. The Morgan fingerprint density at radius 2 is 2.12 bits per heavy atom. The highest BCUT2D eigenvalue weighted by molar-refractivity contribution is 5.69. The summed E-state index contributed by atoms with van der Waals surface area (Å²) in [6, 6.07) is 0. The monoisotopic (exact) mass is 245 g/mol. The van der Waals surface area contributed by atoms with Crippen molar-refractivity contribution in [1.29, 1.82) is 0 Å². The van der Waals surface area contributed by atoms with Gasteiger partial charge in [-0.05, 0) is 18.3 Å². The largest absolute Gasteiger partial charge is 0.469 e. The highest BCUT2D eigenvalue weighted by Gasteiger charge is 2.16. The van der Waals surface area contributed by atoms with Gasteiger partial charge in [0.1, 0.15) is 0 Å². The van der Waals surface area contributed by atoms with Crippen LogP contribution in [-0.2, 0) is 9.53 Å². The molecule has 102 valence electrons. The van der Waals surface area contributed by atoms with Gasteiger partial charge in [0.15, 0.2) is 0 Å². The molecule has 4 nitrogen and oxygen atoms in total. The molecule has 0 aliphatic rings. The standard InChI is InChI=1S/C13H27NO3/c1-5-8-13(2,3)10-14-9-11(15)6-7-12(16)17-4/h11,14-15H,5-10H2,1-4H3. The second-order valence-electron chi connectivity index (χ2n) is 5.31. The van der Waals surface area contributed by atoms with E-state index < -0.39 is 6.10 Å². The van der Waals surface area contributed by atoms with Crippen LogP contribution < -0.4 is 5.32 Å². The summed E-state index contributed by atoms with van der Waals surface area (Å²) in [6.45, 7) is 8.02. The number of aliphatic hydroxyl groups excluding tert-OH is 1. The van der Waals surface area contributed by atoms with Gasteiger partial charge in [0.25, 0.3) is 0 Å². The molecule has 0 amide bonds. The van der Waals surface area contributed by atoms with E-state index in [9.17, 15) is 9.90 Å². The van der Waals surface area contributed by atoms with Gasteiger partial charge in [-0.1, -0.05) is 27.2 Å². The molecule has 0 heterocycles. The van der Waals surface area contributed by atoms with E-state index in [0.717, 1.165) is 13.0 Å². The topological polar surface area (TPSA) is 58.6 Å². The minimum atomic E-state index is -0.480. The molecule has 1 atom stereocenters. The average Bonchev–Trinajstić information content (AvgIpc) is 2.25. The van der Waals surface area contributed by atoms with Crippen LogP contribution in [0.2, 0.25) is 0 Å². The van der Waals surface area contributed by atoms with Crippen molar-refractivity contribution in [2.45, 2.75) is 52.6 Å². The number of aliphatic hydroxyl groups is 1. The van der Waals surface area contributed by atoms with E-state index >= 15 is 0 Å². The summed E-state index contributed by atoms with van der Waals surface area (Å²) in [6.07, 6.45) is 2.58. The van der Waals surface area contributed by atoms with Crippen molar-refractivity contribution < 1.29 is 14.6 Å². The highest BCUT2D eigenvalue weighted by atomic mass is 16.5. The summed E-state index contributed by atoms with van der Waals surface area (Å²) in [5.41, 5.74) is 0.261. The molecule has 4 heteroatoms. The molecular weight excluding hydrogens is 218 g/mol. The summed E-state index contributed by atoms with van der Waals surface area (Å²) >= 11 is 0. The summed E-state index contributed by atoms with van der Waals surface area (Å²) in [7, 11) is 1.36. The number of hydrogen-bond donors (Lipinski definition) is 2. The number of rotatable bonds is 9. The van der Waals surface area contributed by atoms with Gasteiger partial charge >= 0.3 is 5.97 Å². The minimum Gasteiger partial charge on any atom is -0.469 e. The van der Waals surface area contributed by atoms with Gasteiger partial charge in [0.05, 0.1) is 13.2 Å². The lowest BCUT2D eigenvalue weighted by atomic mass is 9.88. The summed E-state index contributed by atoms with van der Waals surface area (Å²) < 4.78 is 4.52. The molecule has 0 radical (unpaired) electrons. The smallest absolute Gasteiger partial charge is 0.305 e. The Labute approximate surface area is 105 Å². The second-order valence-corrected chi connectivity index (χ2v) is 5.31. The molecule has 17 heavy (non-hydrogen) atoms. The molecule has 0 aliphatic heterocycles. The number of hydrogen-bond acceptors (Lipinski definition) is 4. The molecular formula is C13H27NO3. The quantitative estimate of drug-likeness (QED) is 0.607. The van der Waals surface area contributed by atoms with Crippen molar-refractivity contribution in [2.75, 3.05) is 20.2 Å². The Bertz CT molecular complexity index is 217. The Balaban J connectivity index is 3.63. The third-order valence-corrected chi connectivity index (χ3v) is 2.82. The normalized spacial score (nSPS) is 13.5. The maximum absolute atomic E-state index is 10.9. The first-order valence-electron chi connectivity index (χ1n) is 6.37. The van der Waals surface area contributed by atoms with E-state index in [0.29, 0.717) is 13.0 Å². The van der Waals surface area contributed by atoms with Crippen molar-refractivity contribution in [3.63, 3.8) is 0 Å². The zero-order chi connectivity index (χ0) is 13.3. The predicted octanol–water partition coefficient (Wildman–Crippen LogP) is 1.72. The Kier molecular flexibility index (Phi) is 8.17. The molecule has 0 saturated heterocycles. The SMILES string of the molecule is CCCC(C)(C)CNCC(O)CCC(=O)OC. The minimum absolute atomic E-state index is 0.261. The molecule has 0 fully saturated rings. The van der Waals surface area contributed by atoms with Gasteiger partial charge in [-0.2, -0.15) is 0 Å². The molecule has 0 saturated carbocycles.